The van der Waals surface area contributed by atoms with Crippen molar-refractivity contribution in [1.82, 2.24) is 0 Å². The Bertz CT molecular complexity index is 672. The fraction of sp³-hybridized carbons (Fsp3) is 0.231. The summed E-state index contributed by atoms with van der Waals surface area (Å²) in [7, 11) is 0. The molecule has 0 bridgehead atoms. The first kappa shape index (κ1) is 12.6. The van der Waals surface area contributed by atoms with Crippen LogP contribution in [0.25, 0.3) is 11.0 Å². The molecule has 2 aromatic rings. The predicted molar refractivity (Wildman–Crippen MR) is 68.2 cm³/mol. The van der Waals surface area contributed by atoms with Gasteiger partial charge in [0.25, 0.3) is 0 Å². The molecule has 2 rings (SSSR count). The molecular weight excluding hydrogens is 256 g/mol. The van der Waals surface area contributed by atoms with Crippen LogP contribution in [0.3, 0.4) is 0 Å². The van der Waals surface area contributed by atoms with Gasteiger partial charge in [0, 0.05) is 5.39 Å². The van der Waals surface area contributed by atoms with E-state index in [9.17, 15) is 9.59 Å². The molecule has 1 aromatic carbocycles. The zero-order chi connectivity index (χ0) is 13.3. The van der Waals surface area contributed by atoms with Crippen molar-refractivity contribution < 1.29 is 13.9 Å². The molecule has 0 radical (unpaired) electrons. The summed E-state index contributed by atoms with van der Waals surface area (Å²) < 4.78 is 9.84. The number of halogens is 1. The van der Waals surface area contributed by atoms with Crippen molar-refractivity contribution in [2.24, 2.45) is 0 Å². The average molecular weight is 267 g/mol. The molecule has 0 aliphatic heterocycles. The number of aryl methyl sites for hydroxylation is 1. The Hall–Kier alpha value is -1.81. The van der Waals surface area contributed by atoms with Crippen molar-refractivity contribution in [3.05, 3.63) is 44.8 Å². The summed E-state index contributed by atoms with van der Waals surface area (Å²) in [5.74, 6) is -0.764. The van der Waals surface area contributed by atoms with Gasteiger partial charge in [-0.05, 0) is 26.0 Å². The molecule has 1 heterocycles. The van der Waals surface area contributed by atoms with Gasteiger partial charge in [0.15, 0.2) is 5.56 Å². The summed E-state index contributed by atoms with van der Waals surface area (Å²) in [6.45, 7) is 3.70. The van der Waals surface area contributed by atoms with Gasteiger partial charge in [0.2, 0.25) is 0 Å². The predicted octanol–water partition coefficient (Wildman–Crippen LogP) is 2.93. The maximum Gasteiger partial charge on any atom is 0.352 e. The standard InChI is InChI=1S/C13H11ClO4/c1-3-17-12(15)10-11(14)8-6-7(2)4-5-9(8)18-13(10)16/h4-6H,3H2,1-2H3. The number of ether oxygens (including phenoxy) is 1. The lowest BCUT2D eigenvalue weighted by Gasteiger charge is -2.06. The monoisotopic (exact) mass is 266 g/mol. The van der Waals surface area contributed by atoms with Gasteiger partial charge in [-0.1, -0.05) is 23.2 Å². The summed E-state index contributed by atoms with van der Waals surface area (Å²) >= 11 is 6.09. The largest absolute Gasteiger partial charge is 0.462 e. The average Bonchev–Trinajstić information content (AvgIpc) is 2.31. The van der Waals surface area contributed by atoms with Crippen LogP contribution in [-0.4, -0.2) is 12.6 Å². The van der Waals surface area contributed by atoms with Crippen LogP contribution in [0, 0.1) is 6.92 Å². The van der Waals surface area contributed by atoms with Gasteiger partial charge < -0.3 is 9.15 Å². The highest BCUT2D eigenvalue weighted by atomic mass is 35.5. The van der Waals surface area contributed by atoms with E-state index in [2.05, 4.69) is 0 Å². The number of fused-ring (bicyclic) bond motifs is 1. The van der Waals surface area contributed by atoms with Crippen LogP contribution in [0.2, 0.25) is 5.02 Å². The van der Waals surface area contributed by atoms with Crippen LogP contribution in [0.15, 0.2) is 27.4 Å². The van der Waals surface area contributed by atoms with Crippen molar-refractivity contribution in [3.63, 3.8) is 0 Å². The third kappa shape index (κ3) is 2.11. The first-order valence-corrected chi connectivity index (χ1v) is 5.82. The molecule has 0 amide bonds. The topological polar surface area (TPSA) is 56.5 Å². The third-order valence-electron chi connectivity index (χ3n) is 2.48. The normalized spacial score (nSPS) is 10.6. The molecule has 0 aliphatic carbocycles. The third-order valence-corrected chi connectivity index (χ3v) is 2.87. The number of rotatable bonds is 2. The highest BCUT2D eigenvalue weighted by molar-refractivity contribution is 6.38. The minimum Gasteiger partial charge on any atom is -0.462 e. The maximum absolute atomic E-state index is 11.7. The Kier molecular flexibility index (Phi) is 3.39. The summed E-state index contributed by atoms with van der Waals surface area (Å²) in [6.07, 6.45) is 0. The summed E-state index contributed by atoms with van der Waals surface area (Å²) in [5.41, 5.74) is 0.267. The van der Waals surface area contributed by atoms with E-state index >= 15 is 0 Å². The Morgan fingerprint density at radius 3 is 2.83 bits per heavy atom. The summed E-state index contributed by atoms with van der Waals surface area (Å²) in [5, 5.41) is 0.600. The minimum atomic E-state index is -0.783. The van der Waals surface area contributed by atoms with Crippen molar-refractivity contribution in [2.75, 3.05) is 6.61 Å². The maximum atomic E-state index is 11.7. The number of hydrogen-bond donors (Lipinski definition) is 0. The number of carbonyl (C=O) groups excluding carboxylic acids is 1. The molecule has 0 atom stereocenters. The fourth-order valence-electron chi connectivity index (χ4n) is 1.66. The van der Waals surface area contributed by atoms with Gasteiger partial charge in [0.1, 0.15) is 5.58 Å². The zero-order valence-corrected chi connectivity index (χ0v) is 10.7. The summed E-state index contributed by atoms with van der Waals surface area (Å²) in [4.78, 5) is 23.4. The Labute approximate surface area is 108 Å². The first-order chi connectivity index (χ1) is 8.54. The summed E-state index contributed by atoms with van der Waals surface area (Å²) in [6, 6.07) is 5.20. The molecule has 1 aromatic heterocycles. The quantitative estimate of drug-likeness (QED) is 0.619. The Balaban J connectivity index is 2.75. The lowest BCUT2D eigenvalue weighted by molar-refractivity contribution is 0.0522. The van der Waals surface area contributed by atoms with E-state index < -0.39 is 11.6 Å². The highest BCUT2D eigenvalue weighted by Crippen LogP contribution is 2.26. The Morgan fingerprint density at radius 1 is 1.44 bits per heavy atom. The van der Waals surface area contributed by atoms with Gasteiger partial charge >= 0.3 is 11.6 Å². The Morgan fingerprint density at radius 2 is 2.17 bits per heavy atom. The smallest absolute Gasteiger partial charge is 0.352 e. The van der Waals surface area contributed by atoms with Gasteiger partial charge in [-0.15, -0.1) is 0 Å². The van der Waals surface area contributed by atoms with E-state index in [1.165, 1.54) is 0 Å². The van der Waals surface area contributed by atoms with Gasteiger partial charge in [-0.2, -0.15) is 0 Å². The van der Waals surface area contributed by atoms with Gasteiger partial charge in [-0.25, -0.2) is 9.59 Å². The van der Waals surface area contributed by atoms with E-state index in [0.29, 0.717) is 11.0 Å². The second kappa shape index (κ2) is 4.82. The number of benzene rings is 1. The second-order valence-corrected chi connectivity index (χ2v) is 4.18. The van der Waals surface area contributed by atoms with Crippen LogP contribution >= 0.6 is 11.6 Å². The second-order valence-electron chi connectivity index (χ2n) is 3.80. The van der Waals surface area contributed by atoms with E-state index in [4.69, 9.17) is 20.8 Å². The van der Waals surface area contributed by atoms with Crippen LogP contribution in [-0.2, 0) is 4.74 Å². The van der Waals surface area contributed by atoms with E-state index in [0.717, 1.165) is 5.56 Å². The van der Waals surface area contributed by atoms with E-state index in [-0.39, 0.29) is 17.2 Å². The molecule has 0 N–H and O–H groups in total. The lowest BCUT2D eigenvalue weighted by atomic mass is 10.1. The molecule has 0 fully saturated rings. The first-order valence-electron chi connectivity index (χ1n) is 5.44. The van der Waals surface area contributed by atoms with E-state index in [1.54, 1.807) is 25.1 Å². The van der Waals surface area contributed by atoms with Gasteiger partial charge in [-0.3, -0.25) is 0 Å². The molecule has 0 aliphatic rings. The molecule has 94 valence electrons. The van der Waals surface area contributed by atoms with Crippen LogP contribution in [0.5, 0.6) is 0 Å². The molecule has 18 heavy (non-hydrogen) atoms. The van der Waals surface area contributed by atoms with E-state index in [1.807, 2.05) is 6.92 Å². The fourth-order valence-corrected chi connectivity index (χ4v) is 1.96. The van der Waals surface area contributed by atoms with Crippen molar-refractivity contribution in [2.45, 2.75) is 13.8 Å². The molecule has 0 saturated heterocycles. The SMILES string of the molecule is CCOC(=O)c1c(Cl)c2cc(C)ccc2oc1=O. The molecule has 0 saturated carbocycles. The molecule has 4 nitrogen and oxygen atoms in total. The number of carbonyl (C=O) groups is 1. The minimum absolute atomic E-state index is 0.0726. The highest BCUT2D eigenvalue weighted by Gasteiger charge is 2.20. The molecule has 0 unspecified atom stereocenters. The van der Waals surface area contributed by atoms with Crippen LogP contribution < -0.4 is 5.63 Å². The van der Waals surface area contributed by atoms with Crippen molar-refractivity contribution >= 4 is 28.5 Å². The lowest BCUT2D eigenvalue weighted by Crippen LogP contribution is -2.17. The van der Waals surface area contributed by atoms with Crippen molar-refractivity contribution in [1.29, 1.82) is 0 Å². The van der Waals surface area contributed by atoms with Crippen molar-refractivity contribution in [3.8, 4) is 0 Å². The van der Waals surface area contributed by atoms with Crippen LogP contribution in [0.1, 0.15) is 22.8 Å². The molecule has 5 heteroatoms. The van der Waals surface area contributed by atoms with Crippen LogP contribution in [0.4, 0.5) is 0 Å². The molecule has 0 spiro atoms. The molecular formula is C13H11ClO4. The number of hydrogen-bond acceptors (Lipinski definition) is 4. The zero-order valence-electron chi connectivity index (χ0n) is 9.95. The van der Waals surface area contributed by atoms with Gasteiger partial charge in [0.05, 0.1) is 11.6 Å². The number of esters is 1.